The molecule has 41 heavy (non-hydrogen) atoms. The molecule has 5 aromatic rings. The number of benzene rings is 5. The van der Waals surface area contributed by atoms with Crippen LogP contribution in [0.4, 0.5) is 5.69 Å². The molecule has 1 N–H and O–H groups in total. The molecule has 0 saturated carbocycles. The van der Waals surface area contributed by atoms with Crippen LogP contribution in [0.15, 0.2) is 146 Å². The standard InChI is InChI=1S/C36H34NO3P/c38-35(40-31-26-24-30(25-27-31)37-36(39)29-15-5-1-6-16-29)23-13-14-28-41(32-17-7-2-8-18-32,33-19-9-3-10-20-33)34-21-11-4-12-22-34/h1-12,15-22,24-27,41H,13-14,23,28H2,(H,37,39). The summed E-state index contributed by atoms with van der Waals surface area (Å²) in [4.78, 5) is 25.1. The third-order valence-electron chi connectivity index (χ3n) is 7.36. The van der Waals surface area contributed by atoms with Gasteiger partial charge in [0.15, 0.2) is 0 Å². The van der Waals surface area contributed by atoms with E-state index in [4.69, 9.17) is 4.74 Å². The number of unbranched alkanes of at least 4 members (excludes halogenated alkanes) is 1. The van der Waals surface area contributed by atoms with Crippen LogP contribution in [0, 0.1) is 0 Å². The van der Waals surface area contributed by atoms with Gasteiger partial charge in [0.05, 0.1) is 0 Å². The molecule has 1 amide bonds. The van der Waals surface area contributed by atoms with Crippen LogP contribution in [0.5, 0.6) is 5.75 Å². The van der Waals surface area contributed by atoms with Crippen molar-refractivity contribution in [2.75, 3.05) is 11.5 Å². The van der Waals surface area contributed by atoms with Crippen LogP contribution in [0.25, 0.3) is 0 Å². The Morgan fingerprint density at radius 1 is 0.561 bits per heavy atom. The first-order valence-corrected chi connectivity index (χ1v) is 16.2. The van der Waals surface area contributed by atoms with Crippen LogP contribution in [-0.4, -0.2) is 18.0 Å². The van der Waals surface area contributed by atoms with E-state index in [1.165, 1.54) is 15.9 Å². The molecule has 0 atom stereocenters. The first kappa shape index (κ1) is 28.0. The van der Waals surface area contributed by atoms with Crippen molar-refractivity contribution in [2.45, 2.75) is 19.3 Å². The predicted molar refractivity (Wildman–Crippen MR) is 172 cm³/mol. The Balaban J connectivity index is 1.22. The van der Waals surface area contributed by atoms with Gasteiger partial charge >= 0.3 is 202 Å². The van der Waals surface area contributed by atoms with Crippen LogP contribution in [-0.2, 0) is 4.79 Å². The Kier molecular flexibility index (Phi) is 9.36. The molecule has 0 aromatic heterocycles. The Morgan fingerprint density at radius 3 is 1.51 bits per heavy atom. The normalized spacial score (nSPS) is 11.4. The number of anilines is 1. The first-order chi connectivity index (χ1) is 20.1. The van der Waals surface area contributed by atoms with Crippen molar-refractivity contribution < 1.29 is 14.3 Å². The predicted octanol–water partition coefficient (Wildman–Crippen LogP) is 6.74. The zero-order valence-electron chi connectivity index (χ0n) is 22.9. The molecule has 0 heterocycles. The number of hydrogen-bond acceptors (Lipinski definition) is 3. The number of carbonyl (C=O) groups excluding carboxylic acids is 2. The summed E-state index contributed by atoms with van der Waals surface area (Å²) in [7, 11) is -2.30. The zero-order valence-corrected chi connectivity index (χ0v) is 23.9. The maximum absolute atomic E-state index is 12.7. The Bertz CT molecular complexity index is 1440. The Morgan fingerprint density at radius 2 is 1.02 bits per heavy atom. The molecule has 0 bridgehead atoms. The van der Waals surface area contributed by atoms with Gasteiger partial charge in [0.25, 0.3) is 0 Å². The average molecular weight is 560 g/mol. The third kappa shape index (κ3) is 6.98. The van der Waals surface area contributed by atoms with E-state index < -0.39 is 7.26 Å². The van der Waals surface area contributed by atoms with Gasteiger partial charge in [0.1, 0.15) is 0 Å². The van der Waals surface area contributed by atoms with E-state index in [9.17, 15) is 9.59 Å². The van der Waals surface area contributed by atoms with Gasteiger partial charge in [-0.3, -0.25) is 4.79 Å². The van der Waals surface area contributed by atoms with Gasteiger partial charge in [-0.05, 0) is 12.1 Å². The number of nitrogens with one attached hydrogen (secondary N) is 1. The fraction of sp³-hybridized carbons (Fsp3) is 0.111. The van der Waals surface area contributed by atoms with Gasteiger partial charge in [-0.25, -0.2) is 0 Å². The molecule has 5 rings (SSSR count). The summed E-state index contributed by atoms with van der Waals surface area (Å²) < 4.78 is 5.60. The van der Waals surface area contributed by atoms with Crippen molar-refractivity contribution in [1.29, 1.82) is 0 Å². The van der Waals surface area contributed by atoms with E-state index in [0.717, 1.165) is 19.0 Å². The molecule has 0 spiro atoms. The van der Waals surface area contributed by atoms with Crippen molar-refractivity contribution in [3.8, 4) is 5.75 Å². The number of rotatable bonds is 11. The molecule has 0 aliphatic heterocycles. The molecule has 4 nitrogen and oxygen atoms in total. The molecular formula is C36H34NO3P. The van der Waals surface area contributed by atoms with Crippen molar-refractivity contribution in [3.05, 3.63) is 151 Å². The van der Waals surface area contributed by atoms with E-state index in [1.807, 2.05) is 18.2 Å². The van der Waals surface area contributed by atoms with Crippen LogP contribution in [0.1, 0.15) is 29.6 Å². The molecule has 0 aliphatic carbocycles. The molecule has 0 unspecified atom stereocenters. The average Bonchev–Trinajstić information content (AvgIpc) is 3.04. The number of ether oxygens (including phenoxy) is 1. The second-order valence-electron chi connectivity index (χ2n) is 10.0. The summed E-state index contributed by atoms with van der Waals surface area (Å²) in [6.45, 7) is 0. The van der Waals surface area contributed by atoms with E-state index >= 15 is 0 Å². The van der Waals surface area contributed by atoms with Crippen molar-refractivity contribution in [2.24, 2.45) is 0 Å². The molecule has 0 radical (unpaired) electrons. The Labute approximate surface area is 242 Å². The van der Waals surface area contributed by atoms with Crippen molar-refractivity contribution in [1.82, 2.24) is 0 Å². The number of hydrogen-bond donors (Lipinski definition) is 1. The fourth-order valence-electron chi connectivity index (χ4n) is 5.34. The molecule has 5 aromatic carbocycles. The van der Waals surface area contributed by atoms with Gasteiger partial charge < -0.3 is 0 Å². The summed E-state index contributed by atoms with van der Waals surface area (Å²) in [5.74, 6) is 0.0308. The van der Waals surface area contributed by atoms with Crippen LogP contribution >= 0.6 is 7.26 Å². The van der Waals surface area contributed by atoms with Crippen molar-refractivity contribution >= 4 is 40.7 Å². The minimum atomic E-state index is -2.30. The second-order valence-corrected chi connectivity index (χ2v) is 14.1. The molecular weight excluding hydrogens is 525 g/mol. The summed E-state index contributed by atoms with van der Waals surface area (Å²) in [6, 6.07) is 48.4. The fourth-order valence-corrected chi connectivity index (χ4v) is 10.3. The summed E-state index contributed by atoms with van der Waals surface area (Å²) >= 11 is 0. The van der Waals surface area contributed by atoms with E-state index in [0.29, 0.717) is 23.4 Å². The second kappa shape index (κ2) is 13.7. The summed E-state index contributed by atoms with van der Waals surface area (Å²) in [5.41, 5.74) is 1.23. The number of amides is 1. The SMILES string of the molecule is O=C(CCCC[PH](c1ccccc1)(c1ccccc1)c1ccccc1)Oc1ccc(NC(=O)c2ccccc2)cc1. The number of carbonyl (C=O) groups is 2. The van der Waals surface area contributed by atoms with Crippen LogP contribution in [0.3, 0.4) is 0 Å². The zero-order chi connectivity index (χ0) is 28.3. The van der Waals surface area contributed by atoms with Crippen molar-refractivity contribution in [3.63, 3.8) is 0 Å². The molecule has 206 valence electrons. The van der Waals surface area contributed by atoms with Gasteiger partial charge in [-0.2, -0.15) is 0 Å². The maximum atomic E-state index is 12.7. The van der Waals surface area contributed by atoms with Gasteiger partial charge in [0, 0.05) is 5.56 Å². The van der Waals surface area contributed by atoms with Gasteiger partial charge in [-0.1, -0.05) is 18.2 Å². The topological polar surface area (TPSA) is 55.4 Å². The molecule has 0 aliphatic rings. The minimum absolute atomic E-state index is 0.184. The van der Waals surface area contributed by atoms with E-state index in [-0.39, 0.29) is 11.9 Å². The first-order valence-electron chi connectivity index (χ1n) is 14.0. The quantitative estimate of drug-likeness (QED) is 0.0844. The summed E-state index contributed by atoms with van der Waals surface area (Å²) in [6.07, 6.45) is 2.99. The third-order valence-corrected chi connectivity index (χ3v) is 12.4. The Hall–Kier alpha value is -4.53. The van der Waals surface area contributed by atoms with E-state index in [2.05, 4.69) is 96.3 Å². The van der Waals surface area contributed by atoms with Gasteiger partial charge in [-0.15, -0.1) is 0 Å². The van der Waals surface area contributed by atoms with E-state index in [1.54, 1.807) is 36.4 Å². The molecule has 0 fully saturated rings. The number of esters is 1. The van der Waals surface area contributed by atoms with Crippen LogP contribution < -0.4 is 26.0 Å². The summed E-state index contributed by atoms with van der Waals surface area (Å²) in [5, 5.41) is 6.98. The van der Waals surface area contributed by atoms with Gasteiger partial charge in [0.2, 0.25) is 0 Å². The monoisotopic (exact) mass is 559 g/mol. The molecule has 0 saturated heterocycles. The van der Waals surface area contributed by atoms with Crippen LogP contribution in [0.2, 0.25) is 0 Å². The molecule has 5 heteroatoms.